The van der Waals surface area contributed by atoms with Crippen molar-refractivity contribution in [3.8, 4) is 11.5 Å². The van der Waals surface area contributed by atoms with Crippen LogP contribution < -0.4 is 9.47 Å². The lowest BCUT2D eigenvalue weighted by atomic mass is 9.97. The van der Waals surface area contributed by atoms with Gasteiger partial charge in [0.25, 0.3) is 5.91 Å². The van der Waals surface area contributed by atoms with Crippen LogP contribution in [0.4, 0.5) is 0 Å². The Morgan fingerprint density at radius 3 is 2.41 bits per heavy atom. The van der Waals surface area contributed by atoms with Gasteiger partial charge in [0, 0.05) is 13.1 Å². The van der Waals surface area contributed by atoms with Gasteiger partial charge in [0.2, 0.25) is 0 Å². The third-order valence-electron chi connectivity index (χ3n) is 4.65. The van der Waals surface area contributed by atoms with E-state index >= 15 is 0 Å². The molecule has 1 aliphatic heterocycles. The zero-order valence-corrected chi connectivity index (χ0v) is 17.3. The van der Waals surface area contributed by atoms with Crippen molar-refractivity contribution in [3.05, 3.63) is 23.8 Å². The summed E-state index contributed by atoms with van der Waals surface area (Å²) < 4.78 is 21.1. The van der Waals surface area contributed by atoms with Crippen molar-refractivity contribution in [1.82, 2.24) is 4.90 Å². The van der Waals surface area contributed by atoms with Gasteiger partial charge in [-0.05, 0) is 44.4 Å². The van der Waals surface area contributed by atoms with Gasteiger partial charge in [-0.15, -0.1) is 0 Å². The Labute approximate surface area is 171 Å². The average molecular weight is 407 g/mol. The van der Waals surface area contributed by atoms with Crippen molar-refractivity contribution in [3.63, 3.8) is 0 Å². The molecule has 2 rings (SSSR count). The summed E-state index contributed by atoms with van der Waals surface area (Å²) in [6.45, 7) is 5.35. The minimum Gasteiger partial charge on any atom is -0.490 e. The molecule has 1 heterocycles. The van der Waals surface area contributed by atoms with Crippen molar-refractivity contribution in [2.45, 2.75) is 33.1 Å². The Hall–Kier alpha value is -2.77. The molecule has 8 nitrogen and oxygen atoms in total. The van der Waals surface area contributed by atoms with E-state index in [9.17, 15) is 14.4 Å². The van der Waals surface area contributed by atoms with Crippen LogP contribution in [0.3, 0.4) is 0 Å². The minimum atomic E-state index is -0.606. The van der Waals surface area contributed by atoms with E-state index in [1.807, 2.05) is 13.8 Å². The van der Waals surface area contributed by atoms with Gasteiger partial charge in [0.05, 0.1) is 31.8 Å². The van der Waals surface area contributed by atoms with Crippen LogP contribution in [-0.2, 0) is 19.1 Å². The van der Waals surface area contributed by atoms with Crippen molar-refractivity contribution < 1.29 is 33.3 Å². The Kier molecular flexibility index (Phi) is 8.76. The average Bonchev–Trinajstić information content (AvgIpc) is 2.76. The van der Waals surface area contributed by atoms with Gasteiger partial charge in [-0.1, -0.05) is 6.92 Å². The second-order valence-corrected chi connectivity index (χ2v) is 6.70. The molecule has 1 aliphatic rings. The molecule has 0 aliphatic carbocycles. The van der Waals surface area contributed by atoms with Gasteiger partial charge in [0.1, 0.15) is 0 Å². The maximum absolute atomic E-state index is 12.3. The van der Waals surface area contributed by atoms with Gasteiger partial charge in [0.15, 0.2) is 18.1 Å². The summed E-state index contributed by atoms with van der Waals surface area (Å²) in [6, 6.07) is 4.81. The summed E-state index contributed by atoms with van der Waals surface area (Å²) in [7, 11) is 1.36. The quantitative estimate of drug-likeness (QED) is 0.581. The van der Waals surface area contributed by atoms with Crippen LogP contribution in [0.25, 0.3) is 0 Å². The molecule has 0 spiro atoms. The highest BCUT2D eigenvalue weighted by atomic mass is 16.5. The third kappa shape index (κ3) is 6.37. The summed E-state index contributed by atoms with van der Waals surface area (Å²) in [5.74, 6) is -0.293. The van der Waals surface area contributed by atoms with E-state index in [1.54, 1.807) is 23.1 Å². The fourth-order valence-electron chi connectivity index (χ4n) is 3.07. The summed E-state index contributed by atoms with van der Waals surface area (Å²) >= 11 is 0. The molecule has 0 unspecified atom stereocenters. The van der Waals surface area contributed by atoms with E-state index in [1.165, 1.54) is 7.11 Å². The van der Waals surface area contributed by atoms with Crippen molar-refractivity contribution >= 4 is 17.8 Å². The molecule has 0 saturated carbocycles. The first-order chi connectivity index (χ1) is 14.0. The maximum Gasteiger partial charge on any atom is 0.338 e. The molecule has 0 radical (unpaired) electrons. The molecule has 29 heavy (non-hydrogen) atoms. The lowest BCUT2D eigenvalue weighted by Crippen LogP contribution is -2.42. The van der Waals surface area contributed by atoms with Gasteiger partial charge < -0.3 is 23.8 Å². The number of likely N-dealkylation sites (tertiary alicyclic amines) is 1. The number of hydrogen-bond donors (Lipinski definition) is 0. The van der Waals surface area contributed by atoms with E-state index in [-0.39, 0.29) is 30.0 Å². The van der Waals surface area contributed by atoms with Crippen molar-refractivity contribution in [2.24, 2.45) is 5.92 Å². The van der Waals surface area contributed by atoms with Gasteiger partial charge >= 0.3 is 11.9 Å². The molecule has 1 aromatic carbocycles. The molecule has 1 fully saturated rings. The standard InChI is InChI=1S/C21H29NO7/c1-4-12-28-17-7-6-16(13-18(17)27-5-2)21(25)29-14-19(23)22-10-8-15(9-11-22)20(24)26-3/h6-7,13,15H,4-5,8-12,14H2,1-3H3. The SMILES string of the molecule is CCCOc1ccc(C(=O)OCC(=O)N2CCC(C(=O)OC)CC2)cc1OCC. The third-order valence-corrected chi connectivity index (χ3v) is 4.65. The van der Waals surface area contributed by atoms with Crippen molar-refractivity contribution in [1.29, 1.82) is 0 Å². The second kappa shape index (κ2) is 11.3. The zero-order valence-electron chi connectivity index (χ0n) is 17.3. The Balaban J connectivity index is 1.89. The highest BCUT2D eigenvalue weighted by Crippen LogP contribution is 2.29. The number of carbonyl (C=O) groups is 3. The number of piperidine rings is 1. The lowest BCUT2D eigenvalue weighted by molar-refractivity contribution is -0.149. The van der Waals surface area contributed by atoms with Crippen LogP contribution in [0.2, 0.25) is 0 Å². The number of benzene rings is 1. The molecule has 1 saturated heterocycles. The van der Waals surface area contributed by atoms with E-state index in [4.69, 9.17) is 18.9 Å². The smallest absolute Gasteiger partial charge is 0.338 e. The van der Waals surface area contributed by atoms with Crippen LogP contribution in [0.5, 0.6) is 11.5 Å². The predicted molar refractivity (Wildman–Crippen MR) is 105 cm³/mol. The Bertz CT molecular complexity index is 711. The van der Waals surface area contributed by atoms with Crippen LogP contribution in [0.1, 0.15) is 43.5 Å². The van der Waals surface area contributed by atoms with Crippen LogP contribution in [0, 0.1) is 5.92 Å². The number of amides is 1. The summed E-state index contributed by atoms with van der Waals surface area (Å²) in [6.07, 6.45) is 1.95. The zero-order chi connectivity index (χ0) is 21.2. The van der Waals surface area contributed by atoms with Gasteiger partial charge in [-0.3, -0.25) is 9.59 Å². The normalized spacial score (nSPS) is 14.2. The highest BCUT2D eigenvalue weighted by molar-refractivity contribution is 5.92. The highest BCUT2D eigenvalue weighted by Gasteiger charge is 2.28. The fourth-order valence-corrected chi connectivity index (χ4v) is 3.07. The summed E-state index contributed by atoms with van der Waals surface area (Å²) in [5, 5.41) is 0. The molecule has 0 aromatic heterocycles. The van der Waals surface area contributed by atoms with Crippen LogP contribution >= 0.6 is 0 Å². The molecule has 1 amide bonds. The van der Waals surface area contributed by atoms with Crippen molar-refractivity contribution in [2.75, 3.05) is 40.0 Å². The number of nitrogens with zero attached hydrogens (tertiary/aromatic N) is 1. The first-order valence-corrected chi connectivity index (χ1v) is 9.92. The molecule has 0 bridgehead atoms. The molecule has 1 aromatic rings. The maximum atomic E-state index is 12.3. The first kappa shape index (κ1) is 22.5. The van der Waals surface area contributed by atoms with Gasteiger partial charge in [-0.2, -0.15) is 0 Å². The van der Waals surface area contributed by atoms with Crippen LogP contribution in [-0.4, -0.2) is 62.8 Å². The number of hydrogen-bond acceptors (Lipinski definition) is 7. The van der Waals surface area contributed by atoms with E-state index in [0.717, 1.165) is 6.42 Å². The minimum absolute atomic E-state index is 0.183. The lowest BCUT2D eigenvalue weighted by Gasteiger charge is -2.30. The Morgan fingerprint density at radius 2 is 1.79 bits per heavy atom. The van der Waals surface area contributed by atoms with E-state index in [2.05, 4.69) is 0 Å². The molecule has 8 heteroatoms. The summed E-state index contributed by atoms with van der Waals surface area (Å²) in [5.41, 5.74) is 0.287. The first-order valence-electron chi connectivity index (χ1n) is 9.92. The molecule has 160 valence electrons. The second-order valence-electron chi connectivity index (χ2n) is 6.70. The topological polar surface area (TPSA) is 91.4 Å². The monoisotopic (exact) mass is 407 g/mol. The molecule has 0 atom stereocenters. The van der Waals surface area contributed by atoms with E-state index in [0.29, 0.717) is 50.6 Å². The predicted octanol–water partition coefficient (Wildman–Crippen LogP) is 2.44. The van der Waals surface area contributed by atoms with Crippen LogP contribution in [0.15, 0.2) is 18.2 Å². The largest absolute Gasteiger partial charge is 0.490 e. The fraction of sp³-hybridized carbons (Fsp3) is 0.571. The molecule has 0 N–H and O–H groups in total. The number of ether oxygens (including phenoxy) is 4. The number of methoxy groups -OCH3 is 1. The summed E-state index contributed by atoms with van der Waals surface area (Å²) in [4.78, 5) is 37.8. The van der Waals surface area contributed by atoms with Gasteiger partial charge in [-0.25, -0.2) is 4.79 Å². The molecular weight excluding hydrogens is 378 g/mol. The number of esters is 2. The molecular formula is C21H29NO7. The Morgan fingerprint density at radius 1 is 1.07 bits per heavy atom. The number of carbonyl (C=O) groups excluding carboxylic acids is 3. The van der Waals surface area contributed by atoms with E-state index < -0.39 is 5.97 Å². The number of rotatable bonds is 9.